The highest BCUT2D eigenvalue weighted by molar-refractivity contribution is 6.07. The Balaban J connectivity index is 2.22. The van der Waals surface area contributed by atoms with Crippen LogP contribution in [0.5, 0.6) is 0 Å². The lowest BCUT2D eigenvalue weighted by Crippen LogP contribution is -2.39. The van der Waals surface area contributed by atoms with Crippen LogP contribution in [0.1, 0.15) is 18.9 Å². The van der Waals surface area contributed by atoms with Gasteiger partial charge in [0.25, 0.3) is 0 Å². The van der Waals surface area contributed by atoms with Crippen LogP contribution in [-0.4, -0.2) is 44.7 Å². The van der Waals surface area contributed by atoms with Crippen LogP contribution in [0, 0.1) is 0 Å². The molecule has 5 heteroatoms. The van der Waals surface area contributed by atoms with Crippen molar-refractivity contribution >= 4 is 17.7 Å². The average molecular weight is 276 g/mol. The summed E-state index contributed by atoms with van der Waals surface area (Å²) in [6.07, 6.45) is 0.180. The molecular formula is C15H20N2O3. The summed E-state index contributed by atoms with van der Waals surface area (Å²) in [6, 6.07) is 7.79. The first-order chi connectivity index (χ1) is 9.41. The van der Waals surface area contributed by atoms with Crippen molar-refractivity contribution in [2.45, 2.75) is 18.8 Å². The lowest BCUT2D eigenvalue weighted by Gasteiger charge is -2.26. The molecule has 1 aromatic rings. The maximum atomic E-state index is 12.5. The van der Waals surface area contributed by atoms with Gasteiger partial charge >= 0.3 is 6.09 Å². The topological polar surface area (TPSA) is 49.9 Å². The predicted molar refractivity (Wildman–Crippen MR) is 76.9 cm³/mol. The number of carbonyl (C=O) groups is 2. The second kappa shape index (κ2) is 5.15. The van der Waals surface area contributed by atoms with E-state index in [1.54, 1.807) is 19.0 Å². The summed E-state index contributed by atoms with van der Waals surface area (Å²) < 4.78 is 4.67. The standard InChI is InChI=1S/C15H20N2O3/c1-15(9-10-16(2)14(19)20-4)11-7-5-6-8-12(11)17(3)13(15)18/h5-8H,9-10H2,1-4H3. The summed E-state index contributed by atoms with van der Waals surface area (Å²) in [5.41, 5.74) is 1.37. The minimum absolute atomic E-state index is 0.0666. The second-order valence-corrected chi connectivity index (χ2v) is 5.36. The molecule has 0 spiro atoms. The molecule has 2 rings (SSSR count). The Morgan fingerprint density at radius 2 is 2.05 bits per heavy atom. The predicted octanol–water partition coefficient (Wildman–Crippen LogP) is 2.01. The van der Waals surface area contributed by atoms with Gasteiger partial charge in [0, 0.05) is 26.3 Å². The fraction of sp³-hybridized carbons (Fsp3) is 0.467. The third kappa shape index (κ3) is 2.13. The van der Waals surface area contributed by atoms with Gasteiger partial charge < -0.3 is 14.5 Å². The number of fused-ring (bicyclic) bond motifs is 1. The summed E-state index contributed by atoms with van der Waals surface area (Å²) in [6.45, 7) is 2.40. The molecule has 1 aliphatic rings. The Morgan fingerprint density at radius 3 is 2.70 bits per heavy atom. The number of likely N-dealkylation sites (N-methyl/N-ethyl adjacent to an activating group) is 1. The number of rotatable bonds is 3. The van der Waals surface area contributed by atoms with E-state index in [4.69, 9.17) is 0 Å². The van der Waals surface area contributed by atoms with E-state index in [0.29, 0.717) is 13.0 Å². The first-order valence-corrected chi connectivity index (χ1v) is 6.58. The zero-order chi connectivity index (χ0) is 14.9. The van der Waals surface area contributed by atoms with Crippen molar-refractivity contribution in [1.82, 2.24) is 4.90 Å². The van der Waals surface area contributed by atoms with E-state index in [1.807, 2.05) is 31.2 Å². The van der Waals surface area contributed by atoms with Gasteiger partial charge in [-0.3, -0.25) is 4.79 Å². The van der Waals surface area contributed by atoms with Crippen molar-refractivity contribution in [3.8, 4) is 0 Å². The smallest absolute Gasteiger partial charge is 0.409 e. The van der Waals surface area contributed by atoms with Crippen LogP contribution in [0.3, 0.4) is 0 Å². The number of anilines is 1. The zero-order valence-corrected chi connectivity index (χ0v) is 12.3. The van der Waals surface area contributed by atoms with E-state index in [0.717, 1.165) is 11.3 Å². The average Bonchev–Trinajstić information content (AvgIpc) is 2.67. The molecule has 20 heavy (non-hydrogen) atoms. The molecule has 0 fully saturated rings. The lowest BCUT2D eigenvalue weighted by molar-refractivity contribution is -0.122. The molecule has 2 amide bonds. The molecule has 0 saturated heterocycles. The van der Waals surface area contributed by atoms with Crippen molar-refractivity contribution < 1.29 is 14.3 Å². The molecule has 1 unspecified atom stereocenters. The van der Waals surface area contributed by atoms with Crippen LogP contribution in [0.2, 0.25) is 0 Å². The van der Waals surface area contributed by atoms with Crippen LogP contribution in [0.4, 0.5) is 10.5 Å². The summed E-state index contributed by atoms with van der Waals surface area (Å²) >= 11 is 0. The number of hydrogen-bond donors (Lipinski definition) is 0. The molecule has 0 aromatic heterocycles. The Labute approximate surface area is 119 Å². The number of benzene rings is 1. The third-order valence-electron chi connectivity index (χ3n) is 4.07. The van der Waals surface area contributed by atoms with E-state index in [9.17, 15) is 9.59 Å². The number of carbonyl (C=O) groups excluding carboxylic acids is 2. The van der Waals surface area contributed by atoms with E-state index in [-0.39, 0.29) is 12.0 Å². The molecule has 1 aliphatic heterocycles. The summed E-state index contributed by atoms with van der Waals surface area (Å²) in [5.74, 6) is 0.0666. The van der Waals surface area contributed by atoms with E-state index in [2.05, 4.69) is 4.74 Å². The van der Waals surface area contributed by atoms with Crippen molar-refractivity contribution in [2.24, 2.45) is 0 Å². The number of hydrogen-bond acceptors (Lipinski definition) is 3. The molecule has 0 aliphatic carbocycles. The Morgan fingerprint density at radius 1 is 1.40 bits per heavy atom. The summed E-state index contributed by atoms with van der Waals surface area (Å²) in [7, 11) is 4.81. The molecule has 1 heterocycles. The quantitative estimate of drug-likeness (QED) is 0.848. The SMILES string of the molecule is COC(=O)N(C)CCC1(C)C(=O)N(C)c2ccccc21. The highest BCUT2D eigenvalue weighted by Crippen LogP contribution is 2.42. The highest BCUT2D eigenvalue weighted by atomic mass is 16.5. The zero-order valence-electron chi connectivity index (χ0n) is 12.3. The minimum atomic E-state index is -0.590. The largest absolute Gasteiger partial charge is 0.453 e. The van der Waals surface area contributed by atoms with Gasteiger partial charge in [-0.2, -0.15) is 0 Å². The highest BCUT2D eigenvalue weighted by Gasteiger charge is 2.45. The molecule has 108 valence electrons. The summed E-state index contributed by atoms with van der Waals surface area (Å²) in [4.78, 5) is 27.1. The van der Waals surface area contributed by atoms with Crippen LogP contribution < -0.4 is 4.90 Å². The van der Waals surface area contributed by atoms with E-state index in [1.165, 1.54) is 12.0 Å². The fourth-order valence-corrected chi connectivity index (χ4v) is 2.71. The third-order valence-corrected chi connectivity index (χ3v) is 4.07. The van der Waals surface area contributed by atoms with Gasteiger partial charge in [0.2, 0.25) is 5.91 Å². The van der Waals surface area contributed by atoms with E-state index < -0.39 is 5.41 Å². The van der Waals surface area contributed by atoms with Gasteiger partial charge in [-0.25, -0.2) is 4.79 Å². The van der Waals surface area contributed by atoms with Gasteiger partial charge in [-0.05, 0) is 25.0 Å². The molecule has 5 nitrogen and oxygen atoms in total. The Hall–Kier alpha value is -2.04. The lowest BCUT2D eigenvalue weighted by atomic mass is 9.80. The van der Waals surface area contributed by atoms with E-state index >= 15 is 0 Å². The van der Waals surface area contributed by atoms with Crippen LogP contribution in [0.15, 0.2) is 24.3 Å². The normalized spacial score (nSPS) is 20.8. The Bertz CT molecular complexity index is 544. The number of methoxy groups -OCH3 is 1. The van der Waals surface area contributed by atoms with Crippen molar-refractivity contribution in [2.75, 3.05) is 32.6 Å². The molecule has 0 radical (unpaired) electrons. The van der Waals surface area contributed by atoms with Gasteiger partial charge in [0.15, 0.2) is 0 Å². The maximum absolute atomic E-state index is 12.5. The molecule has 0 bridgehead atoms. The molecular weight excluding hydrogens is 256 g/mol. The van der Waals surface area contributed by atoms with Gasteiger partial charge in [0.1, 0.15) is 0 Å². The van der Waals surface area contributed by atoms with Gasteiger partial charge in [-0.1, -0.05) is 18.2 Å². The first kappa shape index (κ1) is 14.4. The van der Waals surface area contributed by atoms with Crippen molar-refractivity contribution in [3.63, 3.8) is 0 Å². The monoisotopic (exact) mass is 276 g/mol. The van der Waals surface area contributed by atoms with Crippen LogP contribution >= 0.6 is 0 Å². The van der Waals surface area contributed by atoms with Crippen molar-refractivity contribution in [1.29, 1.82) is 0 Å². The minimum Gasteiger partial charge on any atom is -0.453 e. The molecule has 1 aromatic carbocycles. The number of ether oxygens (including phenoxy) is 1. The van der Waals surface area contributed by atoms with Crippen LogP contribution in [0.25, 0.3) is 0 Å². The molecule has 0 N–H and O–H groups in total. The summed E-state index contributed by atoms with van der Waals surface area (Å²) in [5, 5.41) is 0. The van der Waals surface area contributed by atoms with Gasteiger partial charge in [-0.15, -0.1) is 0 Å². The number of nitrogens with zero attached hydrogens (tertiary/aromatic N) is 2. The Kier molecular flexibility index (Phi) is 3.70. The number of para-hydroxylation sites is 1. The molecule has 0 saturated carbocycles. The first-order valence-electron chi connectivity index (χ1n) is 6.58. The second-order valence-electron chi connectivity index (χ2n) is 5.36. The fourth-order valence-electron chi connectivity index (χ4n) is 2.71. The van der Waals surface area contributed by atoms with Gasteiger partial charge in [0.05, 0.1) is 12.5 Å². The maximum Gasteiger partial charge on any atom is 0.409 e. The van der Waals surface area contributed by atoms with Crippen molar-refractivity contribution in [3.05, 3.63) is 29.8 Å². The van der Waals surface area contributed by atoms with Crippen LogP contribution in [-0.2, 0) is 14.9 Å². The molecule has 1 atom stereocenters. The number of amides is 2.